The summed E-state index contributed by atoms with van der Waals surface area (Å²) in [4.78, 5) is 27.9. The lowest BCUT2D eigenvalue weighted by atomic mass is 10.0. The molecule has 1 saturated heterocycles. The van der Waals surface area contributed by atoms with Gasteiger partial charge in [-0.05, 0) is 36.5 Å². The number of carbonyl (C=O) groups excluding carboxylic acids is 2. The predicted molar refractivity (Wildman–Crippen MR) is 89.4 cm³/mol. The largest absolute Gasteiger partial charge is 0.354 e. The predicted octanol–water partition coefficient (Wildman–Crippen LogP) is 2.02. The fourth-order valence-electron chi connectivity index (χ4n) is 2.77. The van der Waals surface area contributed by atoms with Gasteiger partial charge in [-0.3, -0.25) is 9.59 Å². The lowest BCUT2D eigenvalue weighted by Gasteiger charge is -2.28. The van der Waals surface area contributed by atoms with Crippen LogP contribution in [0.5, 0.6) is 0 Å². The number of nitrogens with zero attached hydrogens (tertiary/aromatic N) is 2. The smallest absolute Gasteiger partial charge is 0.274 e. The van der Waals surface area contributed by atoms with Crippen molar-refractivity contribution >= 4 is 23.3 Å². The van der Waals surface area contributed by atoms with Crippen LogP contribution in [0.4, 0.5) is 0 Å². The number of rotatable bonds is 3. The van der Waals surface area contributed by atoms with Gasteiger partial charge in [0.2, 0.25) is 5.91 Å². The number of amides is 2. The molecule has 120 valence electrons. The fraction of sp³-hybridized carbons (Fsp3) is 0.353. The van der Waals surface area contributed by atoms with E-state index in [9.17, 15) is 9.59 Å². The number of aryl methyl sites for hydroxylation is 1. The third-order valence-corrected chi connectivity index (χ3v) is 4.63. The summed E-state index contributed by atoms with van der Waals surface area (Å²) in [6.07, 6.45) is 1.27. The molecule has 3 rings (SSSR count). The molecular weight excluding hydrogens is 310 g/mol. The van der Waals surface area contributed by atoms with Gasteiger partial charge in [0.05, 0.1) is 0 Å². The van der Waals surface area contributed by atoms with Crippen LogP contribution in [0.2, 0.25) is 0 Å². The van der Waals surface area contributed by atoms with Gasteiger partial charge >= 0.3 is 0 Å². The van der Waals surface area contributed by atoms with Crippen molar-refractivity contribution in [3.05, 3.63) is 52.5 Å². The molecular formula is C17H19N3O2S. The number of hydrogen-bond donors (Lipinski definition) is 1. The van der Waals surface area contributed by atoms with Gasteiger partial charge in [-0.2, -0.15) is 4.37 Å². The lowest BCUT2D eigenvalue weighted by Crippen LogP contribution is -2.48. The first-order valence-electron chi connectivity index (χ1n) is 7.71. The molecule has 0 aliphatic carbocycles. The van der Waals surface area contributed by atoms with E-state index in [0.29, 0.717) is 25.2 Å². The van der Waals surface area contributed by atoms with Gasteiger partial charge < -0.3 is 10.2 Å². The third-order valence-electron chi connectivity index (χ3n) is 3.93. The van der Waals surface area contributed by atoms with E-state index in [4.69, 9.17) is 0 Å². The summed E-state index contributed by atoms with van der Waals surface area (Å²) >= 11 is 1.31. The number of aromatic nitrogens is 1. The molecule has 2 aromatic rings. The number of carbonyl (C=O) groups is 2. The minimum Gasteiger partial charge on any atom is -0.354 e. The summed E-state index contributed by atoms with van der Waals surface area (Å²) < 4.78 is 4.21. The normalized spacial score (nSPS) is 18.4. The topological polar surface area (TPSA) is 62.3 Å². The van der Waals surface area contributed by atoms with Crippen LogP contribution in [0, 0.1) is 6.92 Å². The van der Waals surface area contributed by atoms with Crippen LogP contribution in [0.25, 0.3) is 0 Å². The molecule has 2 amide bonds. The van der Waals surface area contributed by atoms with Crippen LogP contribution < -0.4 is 5.32 Å². The highest BCUT2D eigenvalue weighted by Crippen LogP contribution is 2.17. The third kappa shape index (κ3) is 3.59. The maximum atomic E-state index is 12.8. The van der Waals surface area contributed by atoms with Crippen LogP contribution >= 0.6 is 11.5 Å². The summed E-state index contributed by atoms with van der Waals surface area (Å²) in [5.41, 5.74) is 1.47. The maximum Gasteiger partial charge on any atom is 0.274 e. The fourth-order valence-corrected chi connectivity index (χ4v) is 3.31. The number of nitrogens with one attached hydrogen (secondary N) is 1. The first kappa shape index (κ1) is 15.7. The Morgan fingerprint density at radius 3 is 2.87 bits per heavy atom. The summed E-state index contributed by atoms with van der Waals surface area (Å²) in [6, 6.07) is 11.1. The lowest BCUT2D eigenvalue weighted by molar-refractivity contribution is -0.124. The summed E-state index contributed by atoms with van der Waals surface area (Å²) in [5.74, 6) is -0.251. The molecule has 6 heteroatoms. The molecule has 1 aromatic heterocycles. The minimum absolute atomic E-state index is 0.0911. The van der Waals surface area contributed by atoms with Crippen molar-refractivity contribution in [3.8, 4) is 0 Å². The Labute approximate surface area is 139 Å². The van der Waals surface area contributed by atoms with Gasteiger partial charge in [0.1, 0.15) is 11.7 Å². The van der Waals surface area contributed by atoms with Crippen LogP contribution in [0.15, 0.2) is 36.4 Å². The first-order valence-corrected chi connectivity index (χ1v) is 8.48. The highest BCUT2D eigenvalue weighted by Gasteiger charge is 2.33. The highest BCUT2D eigenvalue weighted by molar-refractivity contribution is 7.05. The Hall–Kier alpha value is -2.21. The van der Waals surface area contributed by atoms with Crippen molar-refractivity contribution in [1.29, 1.82) is 0 Å². The van der Waals surface area contributed by atoms with Gasteiger partial charge in [0.25, 0.3) is 5.91 Å². The van der Waals surface area contributed by atoms with Crippen molar-refractivity contribution in [2.24, 2.45) is 0 Å². The molecule has 1 N–H and O–H groups in total. The van der Waals surface area contributed by atoms with Gasteiger partial charge in [-0.1, -0.05) is 30.3 Å². The Morgan fingerprint density at radius 1 is 1.39 bits per heavy atom. The summed E-state index contributed by atoms with van der Waals surface area (Å²) in [6.45, 7) is 3.08. The van der Waals surface area contributed by atoms with Gasteiger partial charge in [0, 0.05) is 24.4 Å². The van der Waals surface area contributed by atoms with E-state index in [1.165, 1.54) is 11.5 Å². The van der Waals surface area contributed by atoms with E-state index in [1.807, 2.05) is 37.3 Å². The van der Waals surface area contributed by atoms with E-state index in [2.05, 4.69) is 9.69 Å². The van der Waals surface area contributed by atoms with Crippen LogP contribution in [0.1, 0.15) is 27.3 Å². The second-order valence-electron chi connectivity index (χ2n) is 5.67. The molecule has 5 nitrogen and oxygen atoms in total. The SMILES string of the molecule is Cc1cc(C(=O)N2CCCNC(=O)C2Cc2ccccc2)ns1. The zero-order chi connectivity index (χ0) is 16.2. The molecule has 23 heavy (non-hydrogen) atoms. The van der Waals surface area contributed by atoms with E-state index in [-0.39, 0.29) is 11.8 Å². The summed E-state index contributed by atoms with van der Waals surface area (Å²) in [7, 11) is 0. The average molecular weight is 329 g/mol. The Balaban J connectivity index is 1.87. The zero-order valence-electron chi connectivity index (χ0n) is 13.0. The molecule has 1 fully saturated rings. The van der Waals surface area contributed by atoms with Gasteiger partial charge in [-0.25, -0.2) is 0 Å². The second-order valence-corrected chi connectivity index (χ2v) is 6.68. The van der Waals surface area contributed by atoms with Crippen molar-refractivity contribution in [2.75, 3.05) is 13.1 Å². The Morgan fingerprint density at radius 2 is 2.17 bits per heavy atom. The van der Waals surface area contributed by atoms with E-state index in [0.717, 1.165) is 16.9 Å². The maximum absolute atomic E-state index is 12.8. The van der Waals surface area contributed by atoms with E-state index in [1.54, 1.807) is 11.0 Å². The van der Waals surface area contributed by atoms with Gasteiger partial charge in [0.15, 0.2) is 0 Å². The average Bonchev–Trinajstić information content (AvgIpc) is 2.91. The Bertz CT molecular complexity index is 699. The summed E-state index contributed by atoms with van der Waals surface area (Å²) in [5, 5.41) is 2.91. The van der Waals surface area contributed by atoms with Crippen LogP contribution in [-0.2, 0) is 11.2 Å². The number of hydrogen-bond acceptors (Lipinski definition) is 4. The molecule has 1 aliphatic heterocycles. The molecule has 0 radical (unpaired) electrons. The molecule has 1 aromatic carbocycles. The first-order chi connectivity index (χ1) is 11.1. The van der Waals surface area contributed by atoms with Gasteiger partial charge in [-0.15, -0.1) is 0 Å². The molecule has 0 spiro atoms. The second kappa shape index (κ2) is 6.91. The van der Waals surface area contributed by atoms with Crippen molar-refractivity contribution < 1.29 is 9.59 Å². The molecule has 0 bridgehead atoms. The number of benzene rings is 1. The molecule has 1 aliphatic rings. The van der Waals surface area contributed by atoms with Crippen molar-refractivity contribution in [1.82, 2.24) is 14.6 Å². The van der Waals surface area contributed by atoms with Crippen LogP contribution in [0.3, 0.4) is 0 Å². The standard InChI is InChI=1S/C17H19N3O2S/c1-12-10-14(19-23-12)17(22)20-9-5-8-18-16(21)15(20)11-13-6-3-2-4-7-13/h2-4,6-7,10,15H,5,8-9,11H2,1H3,(H,18,21). The molecule has 2 heterocycles. The molecule has 1 unspecified atom stereocenters. The van der Waals surface area contributed by atoms with E-state index < -0.39 is 6.04 Å². The van der Waals surface area contributed by atoms with Crippen LogP contribution in [-0.4, -0.2) is 40.2 Å². The van der Waals surface area contributed by atoms with Crippen molar-refractivity contribution in [3.63, 3.8) is 0 Å². The Kier molecular flexibility index (Phi) is 4.71. The quantitative estimate of drug-likeness (QED) is 0.937. The molecule has 0 saturated carbocycles. The highest BCUT2D eigenvalue weighted by atomic mass is 32.1. The van der Waals surface area contributed by atoms with Crippen molar-refractivity contribution in [2.45, 2.75) is 25.8 Å². The zero-order valence-corrected chi connectivity index (χ0v) is 13.8. The van der Waals surface area contributed by atoms with E-state index >= 15 is 0 Å². The molecule has 1 atom stereocenters. The minimum atomic E-state index is -0.491. The monoisotopic (exact) mass is 329 g/mol.